The largest absolute Gasteiger partial charge is 0.334 e. The molecular weight excluding hydrogens is 220 g/mol. The molecule has 0 fully saturated rings. The Hall–Kier alpha value is -2.21. The van der Waals surface area contributed by atoms with Gasteiger partial charge in [-0.1, -0.05) is 17.3 Å². The second kappa shape index (κ2) is 4.75. The van der Waals surface area contributed by atoms with Crippen LogP contribution in [0.2, 0.25) is 0 Å². The van der Waals surface area contributed by atoms with E-state index in [4.69, 9.17) is 10.3 Å². The van der Waals surface area contributed by atoms with Crippen molar-refractivity contribution in [2.24, 2.45) is 5.73 Å². The average molecular weight is 232 g/mol. The molecule has 0 atom stereocenters. The van der Waals surface area contributed by atoms with Gasteiger partial charge >= 0.3 is 0 Å². The van der Waals surface area contributed by atoms with E-state index in [1.807, 2.05) is 6.07 Å². The highest BCUT2D eigenvalue weighted by Crippen LogP contribution is 2.25. The van der Waals surface area contributed by atoms with Crippen LogP contribution in [-0.2, 0) is 4.79 Å². The Labute approximate surface area is 97.8 Å². The minimum Gasteiger partial charge on any atom is -0.334 e. The number of rotatable bonds is 3. The van der Waals surface area contributed by atoms with Gasteiger partial charge in [-0.3, -0.25) is 4.79 Å². The molecule has 0 radical (unpaired) electrons. The molecule has 0 spiro atoms. The van der Waals surface area contributed by atoms with Crippen LogP contribution < -0.4 is 11.1 Å². The molecule has 0 bridgehead atoms. The van der Waals surface area contributed by atoms with Gasteiger partial charge in [0.1, 0.15) is 0 Å². The maximum absolute atomic E-state index is 11.3. The van der Waals surface area contributed by atoms with Gasteiger partial charge in [-0.05, 0) is 19.1 Å². The molecule has 1 amide bonds. The van der Waals surface area contributed by atoms with E-state index >= 15 is 0 Å². The molecular formula is C11H12N4O2. The standard InChI is InChI=1S/C11H12N4O2/c1-7-13-11(17-15-7)8-4-2-3-5-9(8)14-10(16)6-12/h2-5H,6,12H2,1H3,(H,14,16). The van der Waals surface area contributed by atoms with E-state index in [0.29, 0.717) is 23.0 Å². The second-order valence-electron chi connectivity index (χ2n) is 3.44. The summed E-state index contributed by atoms with van der Waals surface area (Å²) in [5.41, 5.74) is 6.53. The molecule has 6 heteroatoms. The van der Waals surface area contributed by atoms with E-state index in [0.717, 1.165) is 0 Å². The zero-order valence-corrected chi connectivity index (χ0v) is 9.30. The van der Waals surface area contributed by atoms with Crippen LogP contribution in [0.15, 0.2) is 28.8 Å². The first-order valence-corrected chi connectivity index (χ1v) is 5.10. The summed E-state index contributed by atoms with van der Waals surface area (Å²) in [5, 5.41) is 6.39. The molecule has 17 heavy (non-hydrogen) atoms. The van der Waals surface area contributed by atoms with Crippen LogP contribution in [0.1, 0.15) is 5.82 Å². The molecule has 1 aromatic carbocycles. The van der Waals surface area contributed by atoms with E-state index in [2.05, 4.69) is 15.5 Å². The Morgan fingerprint density at radius 3 is 2.88 bits per heavy atom. The number of aryl methyl sites for hydroxylation is 1. The summed E-state index contributed by atoms with van der Waals surface area (Å²) in [5.74, 6) is 0.643. The predicted molar refractivity (Wildman–Crippen MR) is 62.2 cm³/mol. The van der Waals surface area contributed by atoms with Gasteiger partial charge in [-0.2, -0.15) is 4.98 Å². The molecule has 0 aliphatic rings. The summed E-state index contributed by atoms with van der Waals surface area (Å²) in [6.45, 7) is 1.66. The number of anilines is 1. The number of hydrogen-bond donors (Lipinski definition) is 2. The van der Waals surface area contributed by atoms with Crippen molar-refractivity contribution in [3.05, 3.63) is 30.1 Å². The predicted octanol–water partition coefficient (Wildman–Crippen LogP) is 0.942. The summed E-state index contributed by atoms with van der Waals surface area (Å²) in [7, 11) is 0. The molecule has 1 heterocycles. The van der Waals surface area contributed by atoms with Crippen LogP contribution in [0, 0.1) is 6.92 Å². The third kappa shape index (κ3) is 2.48. The van der Waals surface area contributed by atoms with Gasteiger partial charge < -0.3 is 15.6 Å². The second-order valence-corrected chi connectivity index (χ2v) is 3.44. The fraction of sp³-hybridized carbons (Fsp3) is 0.182. The van der Waals surface area contributed by atoms with E-state index < -0.39 is 0 Å². The third-order valence-corrected chi connectivity index (χ3v) is 2.14. The highest BCUT2D eigenvalue weighted by molar-refractivity contribution is 5.95. The molecule has 88 valence electrons. The maximum Gasteiger partial charge on any atom is 0.260 e. The Kier molecular flexibility index (Phi) is 3.15. The van der Waals surface area contributed by atoms with Crippen molar-refractivity contribution in [3.63, 3.8) is 0 Å². The van der Waals surface area contributed by atoms with Crippen molar-refractivity contribution >= 4 is 11.6 Å². The molecule has 0 saturated heterocycles. The lowest BCUT2D eigenvalue weighted by Crippen LogP contribution is -2.22. The zero-order valence-electron chi connectivity index (χ0n) is 9.30. The Morgan fingerprint density at radius 2 is 2.24 bits per heavy atom. The van der Waals surface area contributed by atoms with Crippen molar-refractivity contribution in [2.45, 2.75) is 6.92 Å². The van der Waals surface area contributed by atoms with E-state index in [1.165, 1.54) is 0 Å². The SMILES string of the molecule is Cc1noc(-c2ccccc2NC(=O)CN)n1. The zero-order chi connectivity index (χ0) is 12.3. The first-order chi connectivity index (χ1) is 8.20. The Morgan fingerprint density at radius 1 is 1.47 bits per heavy atom. The summed E-state index contributed by atoms with van der Waals surface area (Å²) < 4.78 is 5.06. The molecule has 2 rings (SSSR count). The van der Waals surface area contributed by atoms with Crippen molar-refractivity contribution in [3.8, 4) is 11.5 Å². The molecule has 3 N–H and O–H groups in total. The normalized spacial score (nSPS) is 10.2. The van der Waals surface area contributed by atoms with Gasteiger partial charge in [0, 0.05) is 0 Å². The molecule has 0 aliphatic heterocycles. The molecule has 2 aromatic rings. The summed E-state index contributed by atoms with van der Waals surface area (Å²) in [4.78, 5) is 15.4. The average Bonchev–Trinajstić information content (AvgIpc) is 2.76. The number of carbonyl (C=O) groups is 1. The Bertz CT molecular complexity index is 536. The monoisotopic (exact) mass is 232 g/mol. The topological polar surface area (TPSA) is 94.0 Å². The van der Waals surface area contributed by atoms with Crippen LogP contribution >= 0.6 is 0 Å². The number of hydrogen-bond acceptors (Lipinski definition) is 5. The van der Waals surface area contributed by atoms with Crippen LogP contribution in [0.5, 0.6) is 0 Å². The van der Waals surface area contributed by atoms with Crippen LogP contribution in [0.25, 0.3) is 11.5 Å². The highest BCUT2D eigenvalue weighted by atomic mass is 16.5. The highest BCUT2D eigenvalue weighted by Gasteiger charge is 2.12. The van der Waals surface area contributed by atoms with Crippen molar-refractivity contribution in [1.29, 1.82) is 0 Å². The lowest BCUT2D eigenvalue weighted by molar-refractivity contribution is -0.114. The Balaban J connectivity index is 2.37. The fourth-order valence-electron chi connectivity index (χ4n) is 1.39. The molecule has 0 unspecified atom stereocenters. The fourth-order valence-corrected chi connectivity index (χ4v) is 1.39. The van der Waals surface area contributed by atoms with Crippen molar-refractivity contribution in [1.82, 2.24) is 10.1 Å². The minimum atomic E-state index is -0.270. The van der Waals surface area contributed by atoms with E-state index in [1.54, 1.807) is 25.1 Å². The first-order valence-electron chi connectivity index (χ1n) is 5.10. The smallest absolute Gasteiger partial charge is 0.260 e. The number of benzene rings is 1. The maximum atomic E-state index is 11.3. The first kappa shape index (κ1) is 11.3. The van der Waals surface area contributed by atoms with Crippen molar-refractivity contribution < 1.29 is 9.32 Å². The van der Waals surface area contributed by atoms with Gasteiger partial charge in [-0.15, -0.1) is 0 Å². The number of amides is 1. The van der Waals surface area contributed by atoms with Gasteiger partial charge in [0.2, 0.25) is 5.91 Å². The lowest BCUT2D eigenvalue weighted by Gasteiger charge is -2.06. The van der Waals surface area contributed by atoms with Gasteiger partial charge in [0.15, 0.2) is 5.82 Å². The molecule has 0 saturated carbocycles. The molecule has 6 nitrogen and oxygen atoms in total. The molecule has 1 aromatic heterocycles. The number of aromatic nitrogens is 2. The number of nitrogens with two attached hydrogens (primary N) is 1. The summed E-state index contributed by atoms with van der Waals surface area (Å²) in [6, 6.07) is 7.17. The van der Waals surface area contributed by atoms with Crippen molar-refractivity contribution in [2.75, 3.05) is 11.9 Å². The third-order valence-electron chi connectivity index (χ3n) is 2.14. The van der Waals surface area contributed by atoms with Crippen LogP contribution in [0.4, 0.5) is 5.69 Å². The van der Waals surface area contributed by atoms with Gasteiger partial charge in [-0.25, -0.2) is 0 Å². The van der Waals surface area contributed by atoms with Crippen LogP contribution in [0.3, 0.4) is 0 Å². The van der Waals surface area contributed by atoms with E-state index in [-0.39, 0.29) is 12.5 Å². The summed E-state index contributed by atoms with van der Waals surface area (Å²) >= 11 is 0. The van der Waals surface area contributed by atoms with Gasteiger partial charge in [0.25, 0.3) is 5.89 Å². The van der Waals surface area contributed by atoms with Crippen LogP contribution in [-0.4, -0.2) is 22.6 Å². The number of para-hydroxylation sites is 1. The number of carbonyl (C=O) groups excluding carboxylic acids is 1. The molecule has 0 aliphatic carbocycles. The summed E-state index contributed by atoms with van der Waals surface area (Å²) in [6.07, 6.45) is 0. The van der Waals surface area contributed by atoms with E-state index in [9.17, 15) is 4.79 Å². The quantitative estimate of drug-likeness (QED) is 0.821. The lowest BCUT2D eigenvalue weighted by atomic mass is 10.1. The number of nitrogens with one attached hydrogen (secondary N) is 1. The minimum absolute atomic E-state index is 0.0722. The number of nitrogens with zero attached hydrogens (tertiary/aromatic N) is 2. The van der Waals surface area contributed by atoms with Gasteiger partial charge in [0.05, 0.1) is 17.8 Å².